The summed E-state index contributed by atoms with van der Waals surface area (Å²) in [7, 11) is 0. The van der Waals surface area contributed by atoms with Crippen LogP contribution < -0.4 is 5.32 Å². The van der Waals surface area contributed by atoms with Gasteiger partial charge < -0.3 is 14.9 Å². The highest BCUT2D eigenvalue weighted by Crippen LogP contribution is 2.34. The Morgan fingerprint density at radius 3 is 2.74 bits per heavy atom. The van der Waals surface area contributed by atoms with Crippen molar-refractivity contribution in [3.05, 3.63) is 85.5 Å². The SMILES string of the molecule is C=C(Nc1cncc(-c2cc3c(-c4cc5c(-n6cnc(C)c6)cccc5[nH]4)n[nH]c3cn2)c1)C1CCCCC1. The Bertz CT molecular complexity index is 1820. The van der Waals surface area contributed by atoms with Gasteiger partial charge in [0.05, 0.1) is 52.7 Å². The van der Waals surface area contributed by atoms with Gasteiger partial charge in [-0.05, 0) is 56.0 Å². The summed E-state index contributed by atoms with van der Waals surface area (Å²) in [6, 6.07) is 12.6. The minimum Gasteiger partial charge on any atom is -0.358 e. The molecule has 7 rings (SSSR count). The number of allylic oxidation sites excluding steroid dienone is 1. The zero-order valence-corrected chi connectivity index (χ0v) is 21.9. The van der Waals surface area contributed by atoms with Crippen LogP contribution in [-0.4, -0.2) is 34.7 Å². The van der Waals surface area contributed by atoms with E-state index in [9.17, 15) is 0 Å². The first-order chi connectivity index (χ1) is 19.1. The fourth-order valence-electron chi connectivity index (χ4n) is 5.71. The largest absolute Gasteiger partial charge is 0.358 e. The van der Waals surface area contributed by atoms with E-state index in [1.54, 1.807) is 0 Å². The molecule has 1 fully saturated rings. The molecular weight excluding hydrogens is 484 g/mol. The maximum Gasteiger partial charge on any atom is 0.116 e. The zero-order chi connectivity index (χ0) is 26.3. The van der Waals surface area contributed by atoms with E-state index in [2.05, 4.69) is 78.0 Å². The number of pyridine rings is 2. The second kappa shape index (κ2) is 9.54. The summed E-state index contributed by atoms with van der Waals surface area (Å²) in [5.74, 6) is 0.528. The Labute approximate surface area is 226 Å². The fraction of sp³-hybridized carbons (Fsp3) is 0.226. The number of rotatable bonds is 6. The normalized spacial score (nSPS) is 14.3. The molecule has 1 aliphatic rings. The Balaban J connectivity index is 1.22. The first kappa shape index (κ1) is 23.4. The van der Waals surface area contributed by atoms with Crippen LogP contribution in [0.3, 0.4) is 0 Å². The minimum atomic E-state index is 0.528. The van der Waals surface area contributed by atoms with E-state index in [4.69, 9.17) is 4.98 Å². The first-order valence-electron chi connectivity index (χ1n) is 13.5. The molecule has 0 amide bonds. The lowest BCUT2D eigenvalue weighted by molar-refractivity contribution is 0.405. The molecule has 0 unspecified atom stereocenters. The predicted molar refractivity (Wildman–Crippen MR) is 156 cm³/mol. The summed E-state index contributed by atoms with van der Waals surface area (Å²) >= 11 is 0. The highest BCUT2D eigenvalue weighted by molar-refractivity contribution is 5.98. The van der Waals surface area contributed by atoms with Gasteiger partial charge in [-0.1, -0.05) is 31.9 Å². The van der Waals surface area contributed by atoms with Crippen molar-refractivity contribution in [3.8, 4) is 28.3 Å². The van der Waals surface area contributed by atoms with E-state index in [0.29, 0.717) is 5.92 Å². The van der Waals surface area contributed by atoms with Crippen LogP contribution in [0.25, 0.3) is 50.1 Å². The molecule has 194 valence electrons. The second-order valence-electron chi connectivity index (χ2n) is 10.5. The molecule has 0 atom stereocenters. The van der Waals surface area contributed by atoms with Crippen molar-refractivity contribution in [1.82, 2.24) is 34.7 Å². The number of aromatic nitrogens is 7. The van der Waals surface area contributed by atoms with E-state index in [0.717, 1.165) is 67.2 Å². The molecule has 6 aromatic rings. The van der Waals surface area contributed by atoms with Crippen LogP contribution in [0.1, 0.15) is 37.8 Å². The lowest BCUT2D eigenvalue weighted by Gasteiger charge is -2.24. The number of aryl methyl sites for hydroxylation is 1. The Hall–Kier alpha value is -4.72. The molecule has 39 heavy (non-hydrogen) atoms. The number of aromatic amines is 2. The van der Waals surface area contributed by atoms with Gasteiger partial charge in [0.15, 0.2) is 0 Å². The zero-order valence-electron chi connectivity index (χ0n) is 21.9. The quantitative estimate of drug-likeness (QED) is 0.219. The number of hydrogen-bond donors (Lipinski definition) is 3. The van der Waals surface area contributed by atoms with Crippen LogP contribution in [0.5, 0.6) is 0 Å². The first-order valence-corrected chi connectivity index (χ1v) is 13.5. The van der Waals surface area contributed by atoms with E-state index in [-0.39, 0.29) is 0 Å². The van der Waals surface area contributed by atoms with Crippen LogP contribution in [0.15, 0.2) is 79.8 Å². The summed E-state index contributed by atoms with van der Waals surface area (Å²) in [5.41, 5.74) is 9.58. The Morgan fingerprint density at radius 1 is 1.00 bits per heavy atom. The molecule has 0 spiro atoms. The van der Waals surface area contributed by atoms with Gasteiger partial charge in [0, 0.05) is 39.9 Å². The molecule has 5 aromatic heterocycles. The third-order valence-corrected chi connectivity index (χ3v) is 7.77. The third-order valence-electron chi connectivity index (χ3n) is 7.77. The summed E-state index contributed by atoms with van der Waals surface area (Å²) in [4.78, 5) is 17.2. The summed E-state index contributed by atoms with van der Waals surface area (Å²) in [5, 5.41) is 13.4. The van der Waals surface area contributed by atoms with Crippen molar-refractivity contribution in [2.75, 3.05) is 5.32 Å². The van der Waals surface area contributed by atoms with E-state index in [1.807, 2.05) is 38.0 Å². The molecular formula is C31H30N8. The maximum absolute atomic E-state index is 4.71. The van der Waals surface area contributed by atoms with Crippen LogP contribution in [0.4, 0.5) is 5.69 Å². The van der Waals surface area contributed by atoms with Gasteiger partial charge in [0.1, 0.15) is 5.69 Å². The monoisotopic (exact) mass is 514 g/mol. The Kier molecular flexibility index (Phi) is 5.73. The number of nitrogens with zero attached hydrogens (tertiary/aromatic N) is 5. The van der Waals surface area contributed by atoms with Crippen molar-refractivity contribution in [2.24, 2.45) is 5.92 Å². The van der Waals surface area contributed by atoms with E-state index >= 15 is 0 Å². The molecule has 0 saturated heterocycles. The minimum absolute atomic E-state index is 0.528. The van der Waals surface area contributed by atoms with Crippen LogP contribution in [0.2, 0.25) is 0 Å². The highest BCUT2D eigenvalue weighted by atomic mass is 15.1. The number of nitrogens with one attached hydrogen (secondary N) is 3. The van der Waals surface area contributed by atoms with Gasteiger partial charge in [-0.2, -0.15) is 5.10 Å². The summed E-state index contributed by atoms with van der Waals surface area (Å²) in [6.45, 7) is 6.32. The number of H-pyrrole nitrogens is 2. The fourth-order valence-corrected chi connectivity index (χ4v) is 5.71. The number of benzene rings is 1. The van der Waals surface area contributed by atoms with Gasteiger partial charge in [-0.25, -0.2) is 4.98 Å². The standard InChI is InChI=1S/C31H30N8/c1-19-17-39(18-34-19)30-10-6-9-26-24(30)12-28(36-26)31-25-13-27(33-16-29(25)37-38-31)22-11-23(15-32-14-22)35-20(2)21-7-4-3-5-8-21/h6,9-18,21,35-36H,2-5,7-8H2,1H3,(H,37,38). The van der Waals surface area contributed by atoms with Crippen molar-refractivity contribution in [2.45, 2.75) is 39.0 Å². The van der Waals surface area contributed by atoms with Crippen molar-refractivity contribution in [3.63, 3.8) is 0 Å². The average Bonchev–Trinajstić information content (AvgIpc) is 3.71. The topological polar surface area (TPSA) is 100 Å². The molecule has 1 saturated carbocycles. The highest BCUT2D eigenvalue weighted by Gasteiger charge is 2.18. The van der Waals surface area contributed by atoms with Gasteiger partial charge in [-0.15, -0.1) is 0 Å². The van der Waals surface area contributed by atoms with E-state index in [1.165, 1.54) is 32.1 Å². The van der Waals surface area contributed by atoms with Crippen molar-refractivity contribution < 1.29 is 0 Å². The van der Waals surface area contributed by atoms with Gasteiger partial charge in [0.25, 0.3) is 0 Å². The van der Waals surface area contributed by atoms with Crippen molar-refractivity contribution in [1.29, 1.82) is 0 Å². The lowest BCUT2D eigenvalue weighted by atomic mass is 9.87. The van der Waals surface area contributed by atoms with Gasteiger partial charge in [0.2, 0.25) is 0 Å². The molecule has 8 nitrogen and oxygen atoms in total. The van der Waals surface area contributed by atoms with Crippen LogP contribution >= 0.6 is 0 Å². The molecule has 5 heterocycles. The molecule has 1 aliphatic carbocycles. The second-order valence-corrected chi connectivity index (χ2v) is 10.5. The summed E-state index contributed by atoms with van der Waals surface area (Å²) in [6.07, 6.45) is 15.7. The molecule has 0 bridgehead atoms. The van der Waals surface area contributed by atoms with Crippen LogP contribution in [0, 0.1) is 12.8 Å². The third kappa shape index (κ3) is 4.37. The van der Waals surface area contributed by atoms with E-state index < -0.39 is 0 Å². The van der Waals surface area contributed by atoms with Crippen molar-refractivity contribution >= 4 is 27.5 Å². The predicted octanol–water partition coefficient (Wildman–Crippen LogP) is 7.17. The number of imidazole rings is 1. The smallest absolute Gasteiger partial charge is 0.116 e. The summed E-state index contributed by atoms with van der Waals surface area (Å²) < 4.78 is 2.05. The number of anilines is 1. The Morgan fingerprint density at radius 2 is 1.90 bits per heavy atom. The lowest BCUT2D eigenvalue weighted by Crippen LogP contribution is -2.14. The van der Waals surface area contributed by atoms with Gasteiger partial charge in [-0.3, -0.25) is 15.1 Å². The molecule has 0 aliphatic heterocycles. The number of fused-ring (bicyclic) bond motifs is 2. The molecule has 1 aromatic carbocycles. The molecule has 8 heteroatoms. The maximum atomic E-state index is 4.71. The molecule has 3 N–H and O–H groups in total. The average molecular weight is 515 g/mol. The van der Waals surface area contributed by atoms with Gasteiger partial charge >= 0.3 is 0 Å². The van der Waals surface area contributed by atoms with Crippen LogP contribution in [-0.2, 0) is 0 Å². The molecule has 0 radical (unpaired) electrons. The number of hydrogen-bond acceptors (Lipinski definition) is 5.